The lowest BCUT2D eigenvalue weighted by atomic mass is 10.2. The Morgan fingerprint density at radius 2 is 2.00 bits per heavy atom. The molecule has 0 amide bonds. The third kappa shape index (κ3) is 2.70. The molecule has 0 bridgehead atoms. The third-order valence-corrected chi connectivity index (χ3v) is 3.07. The smallest absolute Gasteiger partial charge is 0.365 e. The molecule has 108 valence electrons. The van der Waals surface area contributed by atoms with Crippen molar-refractivity contribution in [3.63, 3.8) is 0 Å². The summed E-state index contributed by atoms with van der Waals surface area (Å²) in [6, 6.07) is 4.69. The maximum absolute atomic E-state index is 13.4. The Morgan fingerprint density at radius 1 is 1.30 bits per heavy atom. The molecular formula is C12H10BrF4N3. The first-order valence-corrected chi connectivity index (χ1v) is 6.53. The number of nitrogens with zero attached hydrogens (tertiary/aromatic N) is 2. The van der Waals surface area contributed by atoms with E-state index in [0.717, 1.165) is 0 Å². The van der Waals surface area contributed by atoms with Gasteiger partial charge in [0.2, 0.25) is 5.82 Å². The van der Waals surface area contributed by atoms with Gasteiger partial charge in [-0.05, 0) is 25.1 Å². The summed E-state index contributed by atoms with van der Waals surface area (Å²) in [4.78, 5) is 7.10. The van der Waals surface area contributed by atoms with Gasteiger partial charge < -0.3 is 5.32 Å². The average molecular weight is 352 g/mol. The molecule has 1 aromatic heterocycles. The Balaban J connectivity index is 2.68. The molecule has 0 atom stereocenters. The molecule has 0 aliphatic heterocycles. The number of fused-ring (bicyclic) bond motifs is 1. The van der Waals surface area contributed by atoms with Crippen LogP contribution in [-0.2, 0) is 5.92 Å². The SMILES string of the molecule is CCNc1nc(C(F)(F)C(F)F)nc2ccc(Br)cc12. The minimum absolute atomic E-state index is 0.106. The van der Waals surface area contributed by atoms with E-state index in [4.69, 9.17) is 0 Å². The topological polar surface area (TPSA) is 37.8 Å². The van der Waals surface area contributed by atoms with E-state index >= 15 is 0 Å². The highest BCUT2D eigenvalue weighted by Gasteiger charge is 2.46. The normalized spacial score (nSPS) is 12.2. The third-order valence-electron chi connectivity index (χ3n) is 2.57. The van der Waals surface area contributed by atoms with Gasteiger partial charge in [-0.2, -0.15) is 8.78 Å². The number of hydrogen-bond donors (Lipinski definition) is 1. The van der Waals surface area contributed by atoms with Crippen molar-refractivity contribution in [3.05, 3.63) is 28.5 Å². The highest BCUT2D eigenvalue weighted by Crippen LogP contribution is 2.35. The number of aromatic nitrogens is 2. The van der Waals surface area contributed by atoms with Crippen molar-refractivity contribution in [2.24, 2.45) is 0 Å². The summed E-state index contributed by atoms with van der Waals surface area (Å²) in [7, 11) is 0. The van der Waals surface area contributed by atoms with E-state index < -0.39 is 18.2 Å². The van der Waals surface area contributed by atoms with Gasteiger partial charge in [-0.3, -0.25) is 0 Å². The first-order valence-electron chi connectivity index (χ1n) is 5.74. The molecule has 0 spiro atoms. The summed E-state index contributed by atoms with van der Waals surface area (Å²) in [6.07, 6.45) is -3.86. The molecule has 1 N–H and O–H groups in total. The number of nitrogens with one attached hydrogen (secondary N) is 1. The van der Waals surface area contributed by atoms with Crippen LogP contribution in [0.25, 0.3) is 10.9 Å². The summed E-state index contributed by atoms with van der Waals surface area (Å²) >= 11 is 3.25. The van der Waals surface area contributed by atoms with Crippen LogP contribution in [-0.4, -0.2) is 22.9 Å². The van der Waals surface area contributed by atoms with Gasteiger partial charge in [-0.15, -0.1) is 0 Å². The molecule has 20 heavy (non-hydrogen) atoms. The van der Waals surface area contributed by atoms with E-state index in [1.54, 1.807) is 19.1 Å². The first kappa shape index (κ1) is 15.0. The fourth-order valence-electron chi connectivity index (χ4n) is 1.65. The van der Waals surface area contributed by atoms with E-state index in [1.165, 1.54) is 6.07 Å². The Labute approximate surface area is 120 Å². The van der Waals surface area contributed by atoms with Gasteiger partial charge in [0, 0.05) is 16.4 Å². The Kier molecular flexibility index (Phi) is 4.12. The first-order chi connectivity index (χ1) is 9.36. The molecular weight excluding hydrogens is 342 g/mol. The second-order valence-electron chi connectivity index (χ2n) is 4.01. The van der Waals surface area contributed by atoms with E-state index in [-0.39, 0.29) is 11.3 Å². The maximum Gasteiger partial charge on any atom is 0.365 e. The fraction of sp³-hybridized carbons (Fsp3) is 0.333. The van der Waals surface area contributed by atoms with Crippen LogP contribution in [0.15, 0.2) is 22.7 Å². The standard InChI is InChI=1S/C12H10BrF4N3/c1-2-18-9-7-5-6(13)3-4-8(7)19-11(20-9)12(16,17)10(14)15/h3-5,10H,2H2,1H3,(H,18,19,20). The van der Waals surface area contributed by atoms with E-state index in [9.17, 15) is 17.6 Å². The van der Waals surface area contributed by atoms with Gasteiger partial charge in [0.25, 0.3) is 0 Å². The number of benzene rings is 1. The van der Waals surface area contributed by atoms with Crippen molar-refractivity contribution in [1.29, 1.82) is 0 Å². The summed E-state index contributed by atoms with van der Waals surface area (Å²) in [5.41, 5.74) is 0.175. The van der Waals surface area contributed by atoms with Crippen LogP contribution in [0.5, 0.6) is 0 Å². The molecule has 0 fully saturated rings. The second kappa shape index (κ2) is 5.51. The van der Waals surface area contributed by atoms with Gasteiger partial charge in [-0.1, -0.05) is 15.9 Å². The lowest BCUT2D eigenvalue weighted by Crippen LogP contribution is -2.27. The largest absolute Gasteiger partial charge is 0.370 e. The van der Waals surface area contributed by atoms with Gasteiger partial charge in [-0.25, -0.2) is 18.7 Å². The number of alkyl halides is 4. The Morgan fingerprint density at radius 3 is 2.60 bits per heavy atom. The zero-order chi connectivity index (χ0) is 14.9. The molecule has 0 aliphatic rings. The zero-order valence-corrected chi connectivity index (χ0v) is 11.9. The molecule has 0 saturated carbocycles. The maximum atomic E-state index is 13.4. The van der Waals surface area contributed by atoms with Gasteiger partial charge in [0.15, 0.2) is 0 Å². The van der Waals surface area contributed by atoms with Crippen LogP contribution >= 0.6 is 15.9 Å². The lowest BCUT2D eigenvalue weighted by Gasteiger charge is -2.16. The van der Waals surface area contributed by atoms with Crippen LogP contribution < -0.4 is 5.32 Å². The van der Waals surface area contributed by atoms with Crippen LogP contribution in [0.2, 0.25) is 0 Å². The fourth-order valence-corrected chi connectivity index (χ4v) is 2.01. The van der Waals surface area contributed by atoms with Crippen molar-refractivity contribution in [3.8, 4) is 0 Å². The summed E-state index contributed by atoms with van der Waals surface area (Å²) in [5, 5.41) is 3.26. The lowest BCUT2D eigenvalue weighted by molar-refractivity contribution is -0.140. The number of halogens is 5. The number of anilines is 1. The monoisotopic (exact) mass is 351 g/mol. The van der Waals surface area contributed by atoms with Crippen molar-refractivity contribution >= 4 is 32.7 Å². The summed E-state index contributed by atoms with van der Waals surface area (Å²) in [5.74, 6) is -5.46. The molecule has 0 saturated heterocycles. The summed E-state index contributed by atoms with van der Waals surface area (Å²) in [6.45, 7) is 2.16. The van der Waals surface area contributed by atoms with Gasteiger partial charge in [0.05, 0.1) is 5.52 Å². The molecule has 1 aromatic carbocycles. The molecule has 2 aromatic rings. The van der Waals surface area contributed by atoms with Crippen molar-refractivity contribution in [2.75, 3.05) is 11.9 Å². The van der Waals surface area contributed by atoms with Crippen LogP contribution in [0.1, 0.15) is 12.7 Å². The van der Waals surface area contributed by atoms with E-state index in [1.807, 2.05) is 0 Å². The molecule has 8 heteroatoms. The van der Waals surface area contributed by atoms with Crippen LogP contribution in [0.3, 0.4) is 0 Å². The minimum atomic E-state index is -4.38. The molecule has 1 heterocycles. The zero-order valence-electron chi connectivity index (χ0n) is 10.3. The van der Waals surface area contributed by atoms with Crippen LogP contribution in [0.4, 0.5) is 23.4 Å². The van der Waals surface area contributed by atoms with Gasteiger partial charge >= 0.3 is 12.3 Å². The Hall–Kier alpha value is -1.44. The second-order valence-corrected chi connectivity index (χ2v) is 4.93. The highest BCUT2D eigenvalue weighted by molar-refractivity contribution is 9.10. The molecule has 2 rings (SSSR count). The van der Waals surface area contributed by atoms with E-state index in [2.05, 4.69) is 31.2 Å². The minimum Gasteiger partial charge on any atom is -0.370 e. The average Bonchev–Trinajstić information content (AvgIpc) is 2.39. The quantitative estimate of drug-likeness (QED) is 0.839. The predicted octanol–water partition coefficient (Wildman–Crippen LogP) is 4.18. The molecule has 0 radical (unpaired) electrons. The molecule has 0 aliphatic carbocycles. The number of hydrogen-bond acceptors (Lipinski definition) is 3. The predicted molar refractivity (Wildman–Crippen MR) is 71.3 cm³/mol. The van der Waals surface area contributed by atoms with E-state index in [0.29, 0.717) is 16.4 Å². The molecule has 0 unspecified atom stereocenters. The highest BCUT2D eigenvalue weighted by atomic mass is 79.9. The van der Waals surface area contributed by atoms with Crippen molar-refractivity contribution < 1.29 is 17.6 Å². The molecule has 3 nitrogen and oxygen atoms in total. The number of rotatable bonds is 4. The summed E-state index contributed by atoms with van der Waals surface area (Å²) < 4.78 is 52.3. The Bertz CT molecular complexity index is 633. The van der Waals surface area contributed by atoms with Crippen molar-refractivity contribution in [2.45, 2.75) is 19.3 Å². The van der Waals surface area contributed by atoms with Gasteiger partial charge in [0.1, 0.15) is 5.82 Å². The van der Waals surface area contributed by atoms with Crippen molar-refractivity contribution in [1.82, 2.24) is 9.97 Å². The van der Waals surface area contributed by atoms with Crippen LogP contribution in [0, 0.1) is 0 Å².